The summed E-state index contributed by atoms with van der Waals surface area (Å²) in [6.07, 6.45) is -3.64. The molecule has 21 heavy (non-hydrogen) atoms. The molecule has 0 radical (unpaired) electrons. The van der Waals surface area contributed by atoms with E-state index in [1.165, 1.54) is 6.07 Å². The molecule has 0 bridgehead atoms. The van der Waals surface area contributed by atoms with Gasteiger partial charge in [-0.1, -0.05) is 37.3 Å². The molecule has 4 heteroatoms. The van der Waals surface area contributed by atoms with Crippen LogP contribution in [0.25, 0.3) is 0 Å². The molecule has 1 aliphatic rings. The Kier molecular flexibility index (Phi) is 3.40. The number of fused-ring (bicyclic) bond motifs is 1. The van der Waals surface area contributed by atoms with Crippen LogP contribution in [-0.2, 0) is 12.6 Å². The maximum Gasteiger partial charge on any atom is 0.416 e. The summed E-state index contributed by atoms with van der Waals surface area (Å²) in [6, 6.07) is 14.1. The van der Waals surface area contributed by atoms with Gasteiger partial charge in [-0.3, -0.25) is 0 Å². The molecule has 2 atom stereocenters. The second-order valence-electron chi connectivity index (χ2n) is 5.58. The van der Waals surface area contributed by atoms with E-state index in [2.05, 4.69) is 12.2 Å². The van der Waals surface area contributed by atoms with E-state index in [1.54, 1.807) is 6.07 Å². The van der Waals surface area contributed by atoms with E-state index in [9.17, 15) is 13.2 Å². The van der Waals surface area contributed by atoms with Crippen LogP contribution in [0.3, 0.4) is 0 Å². The van der Waals surface area contributed by atoms with Crippen LogP contribution >= 0.6 is 0 Å². The van der Waals surface area contributed by atoms with Gasteiger partial charge in [0.15, 0.2) is 0 Å². The van der Waals surface area contributed by atoms with E-state index < -0.39 is 11.7 Å². The first-order valence-corrected chi connectivity index (χ1v) is 6.97. The zero-order chi connectivity index (χ0) is 15.0. The van der Waals surface area contributed by atoms with Crippen molar-refractivity contribution in [2.24, 2.45) is 5.92 Å². The molecule has 0 saturated carbocycles. The van der Waals surface area contributed by atoms with E-state index in [-0.39, 0.29) is 12.0 Å². The standard InChI is InChI=1S/C17H16F3N/c1-11-9-13-10-14(17(18,19)20)7-8-15(13)21-16(11)12-5-3-2-4-6-12/h2-8,10-11,16,21H,9H2,1H3/t11-,16+/m0/s1. The topological polar surface area (TPSA) is 12.0 Å². The normalized spacial score (nSPS) is 21.5. The number of hydrogen-bond donors (Lipinski definition) is 1. The number of benzene rings is 2. The summed E-state index contributed by atoms with van der Waals surface area (Å²) in [7, 11) is 0. The van der Waals surface area contributed by atoms with Gasteiger partial charge in [0.2, 0.25) is 0 Å². The number of anilines is 1. The largest absolute Gasteiger partial charge is 0.416 e. The van der Waals surface area contributed by atoms with Crippen LogP contribution in [0, 0.1) is 5.92 Å². The third-order valence-corrected chi connectivity index (χ3v) is 4.01. The summed E-state index contributed by atoms with van der Waals surface area (Å²) < 4.78 is 38.3. The first-order valence-electron chi connectivity index (χ1n) is 6.97. The molecule has 1 heterocycles. The number of nitrogens with one attached hydrogen (secondary N) is 1. The Labute approximate surface area is 121 Å². The lowest BCUT2D eigenvalue weighted by Gasteiger charge is -2.33. The van der Waals surface area contributed by atoms with Crippen molar-refractivity contribution in [2.75, 3.05) is 5.32 Å². The molecule has 0 aliphatic carbocycles. The highest BCUT2D eigenvalue weighted by atomic mass is 19.4. The van der Waals surface area contributed by atoms with Crippen molar-refractivity contribution in [2.45, 2.75) is 25.6 Å². The van der Waals surface area contributed by atoms with Crippen LogP contribution in [-0.4, -0.2) is 0 Å². The Morgan fingerprint density at radius 2 is 1.76 bits per heavy atom. The number of rotatable bonds is 1. The van der Waals surface area contributed by atoms with Crippen LogP contribution in [0.2, 0.25) is 0 Å². The third kappa shape index (κ3) is 2.75. The highest BCUT2D eigenvalue weighted by Gasteiger charge is 2.33. The molecule has 0 unspecified atom stereocenters. The summed E-state index contributed by atoms with van der Waals surface area (Å²) in [5.41, 5.74) is 2.13. The van der Waals surface area contributed by atoms with Crippen LogP contribution < -0.4 is 5.32 Å². The van der Waals surface area contributed by atoms with Crippen LogP contribution in [0.1, 0.15) is 29.7 Å². The molecule has 0 fully saturated rings. The predicted molar refractivity (Wildman–Crippen MR) is 77.1 cm³/mol. The Hall–Kier alpha value is -1.97. The average Bonchev–Trinajstić information content (AvgIpc) is 2.46. The molecule has 2 aromatic rings. The van der Waals surface area contributed by atoms with Gasteiger partial charge >= 0.3 is 6.18 Å². The van der Waals surface area contributed by atoms with Gasteiger partial charge in [0.1, 0.15) is 0 Å². The van der Waals surface area contributed by atoms with E-state index in [4.69, 9.17) is 0 Å². The van der Waals surface area contributed by atoms with E-state index in [0.717, 1.165) is 22.9 Å². The lowest BCUT2D eigenvalue weighted by molar-refractivity contribution is -0.137. The Balaban J connectivity index is 1.93. The van der Waals surface area contributed by atoms with E-state index in [0.29, 0.717) is 6.42 Å². The van der Waals surface area contributed by atoms with Gasteiger partial charge in [-0.15, -0.1) is 0 Å². The van der Waals surface area contributed by atoms with Gasteiger partial charge in [-0.2, -0.15) is 13.2 Å². The quantitative estimate of drug-likeness (QED) is 0.775. The van der Waals surface area contributed by atoms with Crippen molar-refractivity contribution in [1.82, 2.24) is 0 Å². The highest BCUT2D eigenvalue weighted by Crippen LogP contribution is 2.39. The lowest BCUT2D eigenvalue weighted by Crippen LogP contribution is -2.26. The van der Waals surface area contributed by atoms with Gasteiger partial charge in [0, 0.05) is 5.69 Å². The maximum atomic E-state index is 12.8. The summed E-state index contributed by atoms with van der Waals surface area (Å²) in [5, 5.41) is 3.37. The van der Waals surface area contributed by atoms with Gasteiger partial charge in [0.05, 0.1) is 11.6 Å². The summed E-state index contributed by atoms with van der Waals surface area (Å²) >= 11 is 0. The molecular weight excluding hydrogens is 275 g/mol. The zero-order valence-electron chi connectivity index (χ0n) is 11.6. The Morgan fingerprint density at radius 1 is 1.05 bits per heavy atom. The summed E-state index contributed by atoms with van der Waals surface area (Å²) in [4.78, 5) is 0. The fourth-order valence-corrected chi connectivity index (χ4v) is 2.93. The van der Waals surface area contributed by atoms with Crippen molar-refractivity contribution in [3.8, 4) is 0 Å². The van der Waals surface area contributed by atoms with E-state index >= 15 is 0 Å². The Morgan fingerprint density at radius 3 is 2.43 bits per heavy atom. The van der Waals surface area contributed by atoms with Crippen molar-refractivity contribution in [3.63, 3.8) is 0 Å². The van der Waals surface area contributed by atoms with Gasteiger partial charge in [0.25, 0.3) is 0 Å². The maximum absolute atomic E-state index is 12.8. The highest BCUT2D eigenvalue weighted by molar-refractivity contribution is 5.57. The number of hydrogen-bond acceptors (Lipinski definition) is 1. The smallest absolute Gasteiger partial charge is 0.378 e. The average molecular weight is 291 g/mol. The van der Waals surface area contributed by atoms with Crippen molar-refractivity contribution < 1.29 is 13.2 Å². The monoisotopic (exact) mass is 291 g/mol. The molecule has 0 saturated heterocycles. The Bertz CT molecular complexity index is 634. The van der Waals surface area contributed by atoms with Crippen LogP contribution in [0.5, 0.6) is 0 Å². The van der Waals surface area contributed by atoms with Crippen LogP contribution in [0.4, 0.5) is 18.9 Å². The minimum Gasteiger partial charge on any atom is -0.378 e. The molecule has 110 valence electrons. The predicted octanol–water partition coefficient (Wildman–Crippen LogP) is 5.05. The first-order chi connectivity index (χ1) is 9.95. The molecule has 3 rings (SSSR count). The summed E-state index contributed by atoms with van der Waals surface area (Å²) in [5.74, 6) is 0.239. The van der Waals surface area contributed by atoms with E-state index in [1.807, 2.05) is 30.3 Å². The third-order valence-electron chi connectivity index (χ3n) is 4.01. The molecule has 1 N–H and O–H groups in total. The minimum absolute atomic E-state index is 0.135. The fraction of sp³-hybridized carbons (Fsp3) is 0.294. The number of halogens is 3. The molecule has 2 aromatic carbocycles. The fourth-order valence-electron chi connectivity index (χ4n) is 2.93. The van der Waals surface area contributed by atoms with Crippen LogP contribution in [0.15, 0.2) is 48.5 Å². The van der Waals surface area contributed by atoms with Gasteiger partial charge in [-0.05, 0) is 41.7 Å². The second-order valence-corrected chi connectivity index (χ2v) is 5.58. The zero-order valence-corrected chi connectivity index (χ0v) is 11.6. The number of alkyl halides is 3. The lowest BCUT2D eigenvalue weighted by atomic mass is 9.84. The van der Waals surface area contributed by atoms with Gasteiger partial charge in [-0.25, -0.2) is 0 Å². The van der Waals surface area contributed by atoms with Crippen molar-refractivity contribution >= 4 is 5.69 Å². The van der Waals surface area contributed by atoms with Crippen molar-refractivity contribution in [1.29, 1.82) is 0 Å². The SMILES string of the molecule is C[C@H]1Cc2cc(C(F)(F)F)ccc2N[C@H]1c1ccccc1. The second kappa shape index (κ2) is 5.10. The molecule has 0 aromatic heterocycles. The molecule has 0 spiro atoms. The molecule has 1 nitrogen and oxygen atoms in total. The minimum atomic E-state index is -4.28. The molecule has 1 aliphatic heterocycles. The summed E-state index contributed by atoms with van der Waals surface area (Å²) in [6.45, 7) is 2.06. The first kappa shape index (κ1) is 14.0. The van der Waals surface area contributed by atoms with Crippen molar-refractivity contribution in [3.05, 3.63) is 65.2 Å². The molecule has 0 amide bonds. The molecular formula is C17H16F3N. The van der Waals surface area contributed by atoms with Gasteiger partial charge < -0.3 is 5.32 Å².